The first-order valence-corrected chi connectivity index (χ1v) is 51.6. The van der Waals surface area contributed by atoms with Crippen LogP contribution in [-0.4, -0.2) is 27.4 Å². The second-order valence-electron chi connectivity index (χ2n) is 39.0. The van der Waals surface area contributed by atoms with Gasteiger partial charge in [0.15, 0.2) is 0 Å². The molecule has 0 N–H and O–H groups in total. The highest BCUT2D eigenvalue weighted by Gasteiger charge is 2.24. The standard InChI is InChI=1S/3C48H32N2/c1-3-12-33(13-4-1)35-22-26-39(27-23-35)49-46-21-10-8-19-42(46)44-31-37(25-29-47(44)49)38-24-28-43-41-18-7-9-20-45(41)50(48(43)32-38)40-17-11-16-36(30-40)34-14-5-2-6-15-34;1-3-12-33(13-4-1)35-22-26-39(27-23-35)49-45-20-9-7-18-41(45)43-28-24-38(32-48(43)49)37-25-29-47-44(31-37)42-19-8-10-21-46(42)50(47)40-17-11-16-36(30-40)34-14-5-2-6-15-34;1-3-11-33(12-4-1)35-19-25-39(26-20-35)49-46-18-10-8-16-42(46)44-31-37(24-30-47(44)49)38-23-29-43-41-15-7-9-17-45(41)50(48(43)32-38)40-27-21-36(22-28-40)34-13-5-2-6-14-34/h3*1-32H. The summed E-state index contributed by atoms with van der Waals surface area (Å²) in [6, 6.07) is 211. The summed E-state index contributed by atoms with van der Waals surface area (Å²) in [7, 11) is 0. The Hall–Kier alpha value is -19.9. The Morgan fingerprint density at radius 3 is 0.480 bits per heavy atom. The Balaban J connectivity index is 0.000000108. The van der Waals surface area contributed by atoms with E-state index in [2.05, 4.69) is 610 Å². The summed E-state index contributed by atoms with van der Waals surface area (Å²) in [5.74, 6) is 0. The third kappa shape index (κ3) is 15.6. The number of nitrogens with zero attached hydrogens (tertiary/aromatic N) is 6. The lowest BCUT2D eigenvalue weighted by Crippen LogP contribution is -1.95. The fraction of sp³-hybridized carbons (Fsp3) is 0. The van der Waals surface area contributed by atoms with Crippen LogP contribution in [0.2, 0.25) is 0 Å². The van der Waals surface area contributed by atoms with Gasteiger partial charge in [-0.3, -0.25) is 0 Å². The van der Waals surface area contributed by atoms with Crippen LogP contribution in [0.5, 0.6) is 0 Å². The summed E-state index contributed by atoms with van der Waals surface area (Å²) in [5, 5.41) is 15.1. The topological polar surface area (TPSA) is 29.6 Å². The van der Waals surface area contributed by atoms with Crippen LogP contribution in [0.1, 0.15) is 0 Å². The maximum Gasteiger partial charge on any atom is 0.0547 e. The van der Waals surface area contributed by atoms with Gasteiger partial charge in [-0.05, 0) is 264 Å². The van der Waals surface area contributed by atoms with Gasteiger partial charge in [0, 0.05) is 98.8 Å². The highest BCUT2D eigenvalue weighted by atomic mass is 15.0. The molecule has 0 aliphatic rings. The first-order valence-electron chi connectivity index (χ1n) is 51.6. The Morgan fingerprint density at radius 2 is 0.227 bits per heavy atom. The largest absolute Gasteiger partial charge is 0.309 e. The molecule has 0 fully saturated rings. The van der Waals surface area contributed by atoms with E-state index in [0.29, 0.717) is 0 Å². The molecule has 0 unspecified atom stereocenters. The average molecular weight is 1910 g/mol. The molecule has 0 bridgehead atoms. The fourth-order valence-electron chi connectivity index (χ4n) is 23.2. The van der Waals surface area contributed by atoms with Crippen molar-refractivity contribution in [1.29, 1.82) is 0 Å². The molecule has 24 aromatic carbocycles. The van der Waals surface area contributed by atoms with Crippen molar-refractivity contribution >= 4 is 131 Å². The third-order valence-corrected chi connectivity index (χ3v) is 30.4. The smallest absolute Gasteiger partial charge is 0.0547 e. The van der Waals surface area contributed by atoms with E-state index in [9.17, 15) is 0 Å². The summed E-state index contributed by atoms with van der Waals surface area (Å²) in [4.78, 5) is 0. The predicted molar refractivity (Wildman–Crippen MR) is 634 cm³/mol. The molecule has 6 heterocycles. The highest BCUT2D eigenvalue weighted by Crippen LogP contribution is 2.46. The Morgan fingerprint density at radius 1 is 0.0733 bits per heavy atom. The monoisotopic (exact) mass is 1910 g/mol. The zero-order valence-corrected chi connectivity index (χ0v) is 82.1. The average Bonchev–Trinajstić information content (AvgIpc) is 1.59. The zero-order chi connectivity index (χ0) is 99.1. The molecule has 150 heavy (non-hydrogen) atoms. The quantitative estimate of drug-likeness (QED) is 0.0979. The molecule has 6 aromatic heterocycles. The lowest BCUT2D eigenvalue weighted by Gasteiger charge is -2.12. The first-order chi connectivity index (χ1) is 74.4. The van der Waals surface area contributed by atoms with E-state index in [1.807, 2.05) is 0 Å². The summed E-state index contributed by atoms with van der Waals surface area (Å²) in [6.45, 7) is 0. The van der Waals surface area contributed by atoms with Crippen LogP contribution in [-0.2, 0) is 0 Å². The van der Waals surface area contributed by atoms with E-state index < -0.39 is 0 Å². The molecule has 0 aliphatic heterocycles. The van der Waals surface area contributed by atoms with E-state index in [1.54, 1.807) is 0 Å². The Kier molecular flexibility index (Phi) is 21.9. The molecule has 0 amide bonds. The molecule has 0 atom stereocenters. The van der Waals surface area contributed by atoms with Gasteiger partial charge in [0.05, 0.1) is 66.2 Å². The normalized spacial score (nSPS) is 11.6. The molecule has 0 saturated carbocycles. The van der Waals surface area contributed by atoms with Crippen molar-refractivity contribution in [2.75, 3.05) is 0 Å². The van der Waals surface area contributed by atoms with Crippen molar-refractivity contribution in [1.82, 2.24) is 27.4 Å². The molecule has 0 saturated heterocycles. The molecule has 702 valence electrons. The van der Waals surface area contributed by atoms with E-state index in [-0.39, 0.29) is 0 Å². The van der Waals surface area contributed by atoms with Crippen LogP contribution in [0, 0.1) is 0 Å². The van der Waals surface area contributed by atoms with Crippen LogP contribution in [0.4, 0.5) is 0 Å². The lowest BCUT2D eigenvalue weighted by atomic mass is 10.0. The molecular weight excluding hydrogens is 1810 g/mol. The molecule has 30 rings (SSSR count). The van der Waals surface area contributed by atoms with Gasteiger partial charge < -0.3 is 27.4 Å². The van der Waals surface area contributed by atoms with E-state index in [0.717, 1.165) is 34.1 Å². The second-order valence-corrected chi connectivity index (χ2v) is 39.0. The van der Waals surface area contributed by atoms with Gasteiger partial charge in [0.1, 0.15) is 0 Å². The number of aromatic nitrogens is 6. The van der Waals surface area contributed by atoms with Gasteiger partial charge >= 0.3 is 0 Å². The van der Waals surface area contributed by atoms with Crippen LogP contribution in [0.25, 0.3) is 265 Å². The van der Waals surface area contributed by atoms with Gasteiger partial charge in [-0.2, -0.15) is 0 Å². The number of benzene rings is 24. The van der Waals surface area contributed by atoms with Crippen LogP contribution in [0.3, 0.4) is 0 Å². The highest BCUT2D eigenvalue weighted by molar-refractivity contribution is 6.17. The number of fused-ring (bicyclic) bond motifs is 18. The summed E-state index contributed by atoms with van der Waals surface area (Å²) >= 11 is 0. The van der Waals surface area contributed by atoms with Crippen molar-refractivity contribution in [3.63, 3.8) is 0 Å². The minimum absolute atomic E-state index is 1.16. The molecule has 6 nitrogen and oxygen atoms in total. The molecule has 30 aromatic rings. The van der Waals surface area contributed by atoms with Crippen molar-refractivity contribution in [2.45, 2.75) is 0 Å². The molecule has 0 aliphatic carbocycles. The first kappa shape index (κ1) is 87.8. The van der Waals surface area contributed by atoms with Crippen LogP contribution >= 0.6 is 0 Å². The molecule has 6 heteroatoms. The van der Waals surface area contributed by atoms with Gasteiger partial charge in [-0.1, -0.05) is 419 Å². The molecule has 0 radical (unpaired) electrons. The molecular formula is C144H96N6. The van der Waals surface area contributed by atoms with Crippen LogP contribution < -0.4 is 0 Å². The number of hydrogen-bond donors (Lipinski definition) is 0. The number of hydrogen-bond acceptors (Lipinski definition) is 0. The minimum Gasteiger partial charge on any atom is -0.309 e. The number of para-hydroxylation sites is 6. The summed E-state index contributed by atoms with van der Waals surface area (Å²) in [6.07, 6.45) is 0. The predicted octanol–water partition coefficient (Wildman–Crippen LogP) is 38.6. The number of rotatable bonds is 15. The maximum absolute atomic E-state index is 2.42. The van der Waals surface area contributed by atoms with E-state index in [1.165, 1.54) is 231 Å². The lowest BCUT2D eigenvalue weighted by molar-refractivity contribution is 1.18. The van der Waals surface area contributed by atoms with Crippen molar-refractivity contribution in [3.8, 4) is 134 Å². The van der Waals surface area contributed by atoms with E-state index >= 15 is 0 Å². The Bertz CT molecular complexity index is 10400. The summed E-state index contributed by atoms with van der Waals surface area (Å²) in [5.41, 5.74) is 43.3. The Labute approximate surface area is 868 Å². The minimum atomic E-state index is 1.16. The van der Waals surface area contributed by atoms with Crippen molar-refractivity contribution < 1.29 is 0 Å². The van der Waals surface area contributed by atoms with Gasteiger partial charge in [0.25, 0.3) is 0 Å². The van der Waals surface area contributed by atoms with E-state index in [4.69, 9.17) is 0 Å². The second kappa shape index (κ2) is 37.4. The van der Waals surface area contributed by atoms with Crippen LogP contribution in [0.15, 0.2) is 582 Å². The third-order valence-electron chi connectivity index (χ3n) is 30.4. The zero-order valence-electron chi connectivity index (χ0n) is 82.1. The van der Waals surface area contributed by atoms with Gasteiger partial charge in [-0.15, -0.1) is 0 Å². The van der Waals surface area contributed by atoms with Crippen molar-refractivity contribution in [3.05, 3.63) is 582 Å². The maximum atomic E-state index is 2.42. The fourth-order valence-corrected chi connectivity index (χ4v) is 23.2. The molecule has 0 spiro atoms. The summed E-state index contributed by atoms with van der Waals surface area (Å²) < 4.78 is 14.4. The van der Waals surface area contributed by atoms with Crippen molar-refractivity contribution in [2.24, 2.45) is 0 Å². The van der Waals surface area contributed by atoms with Gasteiger partial charge in [-0.25, -0.2) is 0 Å². The SMILES string of the molecule is c1ccc(-c2ccc(-n3c4ccccc4c4cc(-c5ccc6c7ccccc7n(-c7ccc(-c8ccccc8)cc7)c6c5)ccc43)cc2)cc1.c1ccc(-c2ccc(-n3c4ccccc4c4cc(-c5ccc6c7ccccc7n(-c7cccc(-c8ccccc8)c7)c6c5)ccc43)cc2)cc1.c1ccc(-c2ccc(-n3c4ccccc4c4ccc(-c5ccc6c(c5)c5ccccc5n6-c5cccc(-c6ccccc6)c5)cc43)cc2)cc1. The van der Waals surface area contributed by atoms with Gasteiger partial charge in [0.2, 0.25) is 0 Å².